The summed E-state index contributed by atoms with van der Waals surface area (Å²) in [5.41, 5.74) is 4.36. The number of H-pyrrole nitrogens is 1. The third-order valence-corrected chi connectivity index (χ3v) is 5.97. The van der Waals surface area contributed by atoms with Crippen molar-refractivity contribution >= 4 is 27.1 Å². The molecule has 1 aromatic heterocycles. The molecule has 0 saturated carbocycles. The first-order chi connectivity index (χ1) is 12.3. The molecule has 3 rings (SSSR count). The normalized spacial score (nSPS) is 12.7. The Bertz CT molecular complexity index is 1010. The number of sulfonamides is 1. The lowest BCUT2D eigenvalue weighted by Gasteiger charge is -2.14. The van der Waals surface area contributed by atoms with Gasteiger partial charge in [-0.2, -0.15) is 0 Å². The van der Waals surface area contributed by atoms with E-state index in [1.54, 1.807) is 24.3 Å². The van der Waals surface area contributed by atoms with E-state index < -0.39 is 15.3 Å². The number of rotatable bonds is 6. The molecule has 4 nitrogen and oxygen atoms in total. The minimum atomic E-state index is -3.74. The Labute approximate surface area is 159 Å². The Kier molecular flexibility index (Phi) is 5.36. The molecule has 0 amide bonds. The molecule has 3 aromatic rings. The van der Waals surface area contributed by atoms with Crippen LogP contribution in [-0.2, 0) is 16.4 Å². The molecule has 0 spiro atoms. The van der Waals surface area contributed by atoms with Gasteiger partial charge in [-0.15, -0.1) is 0 Å². The summed E-state index contributed by atoms with van der Waals surface area (Å²) in [5.74, 6) is 0. The van der Waals surface area contributed by atoms with E-state index in [0.717, 1.165) is 17.0 Å². The topological polar surface area (TPSA) is 76.0 Å². The maximum Gasteiger partial charge on any atom is 0.216 e. The summed E-state index contributed by atoms with van der Waals surface area (Å²) in [4.78, 5) is 3.93. The molecule has 1 atom stereocenters. The van der Waals surface area contributed by atoms with E-state index >= 15 is 0 Å². The van der Waals surface area contributed by atoms with Gasteiger partial charge < -0.3 is 4.98 Å². The molecular formula is C20H20N2O2S2. The van der Waals surface area contributed by atoms with E-state index in [0.29, 0.717) is 10.4 Å². The standard InChI is InChI=1S/C20H20N2O2S2/c1-14-7-9-16(10-8-14)20(25)18-12-11-17(22-18)13-19(26(21,23)24)15-5-3-2-4-6-15/h2-12,19,22H,13H2,1H3,(H2,21,23,24). The molecule has 2 aromatic carbocycles. The largest absolute Gasteiger partial charge is 0.358 e. The lowest BCUT2D eigenvalue weighted by molar-refractivity contribution is 0.582. The smallest absolute Gasteiger partial charge is 0.216 e. The van der Waals surface area contributed by atoms with Gasteiger partial charge in [-0.25, -0.2) is 13.6 Å². The average molecular weight is 385 g/mol. The van der Waals surface area contributed by atoms with Gasteiger partial charge in [0.15, 0.2) is 0 Å². The van der Waals surface area contributed by atoms with Crippen LogP contribution >= 0.6 is 12.2 Å². The van der Waals surface area contributed by atoms with E-state index in [1.807, 2.05) is 49.4 Å². The van der Waals surface area contributed by atoms with Crippen LogP contribution in [0.5, 0.6) is 0 Å². The minimum absolute atomic E-state index is 0.263. The third-order valence-electron chi connectivity index (χ3n) is 4.28. The Morgan fingerprint density at radius 2 is 1.69 bits per heavy atom. The van der Waals surface area contributed by atoms with E-state index in [4.69, 9.17) is 17.4 Å². The van der Waals surface area contributed by atoms with Gasteiger partial charge in [0, 0.05) is 12.1 Å². The summed E-state index contributed by atoms with van der Waals surface area (Å²) in [7, 11) is -3.74. The lowest BCUT2D eigenvalue weighted by Crippen LogP contribution is -2.23. The number of benzene rings is 2. The zero-order valence-electron chi connectivity index (χ0n) is 14.3. The Hall–Kier alpha value is -2.28. The number of nitrogens with two attached hydrogens (primary N) is 1. The van der Waals surface area contributed by atoms with Crippen molar-refractivity contribution in [3.8, 4) is 0 Å². The summed E-state index contributed by atoms with van der Waals surface area (Å²) in [6.07, 6.45) is 0.263. The van der Waals surface area contributed by atoms with Crippen LogP contribution in [0.4, 0.5) is 0 Å². The number of aromatic amines is 1. The van der Waals surface area contributed by atoms with Gasteiger partial charge in [0.2, 0.25) is 10.0 Å². The average Bonchev–Trinajstić information content (AvgIpc) is 3.08. The van der Waals surface area contributed by atoms with E-state index in [9.17, 15) is 8.42 Å². The second kappa shape index (κ2) is 7.53. The first kappa shape index (κ1) is 18.5. The fourth-order valence-corrected chi connectivity index (χ4v) is 4.05. The molecule has 1 unspecified atom stereocenters. The van der Waals surface area contributed by atoms with Gasteiger partial charge in [-0.05, 0) is 30.2 Å². The predicted octanol–water partition coefficient (Wildman–Crippen LogP) is 3.66. The van der Waals surface area contributed by atoms with E-state index in [-0.39, 0.29) is 6.42 Å². The van der Waals surface area contributed by atoms with Crippen molar-refractivity contribution in [3.63, 3.8) is 0 Å². The van der Waals surface area contributed by atoms with E-state index in [1.165, 1.54) is 5.56 Å². The SMILES string of the molecule is Cc1ccc(C(=S)c2ccc(CC(c3ccccc3)S(N)(=O)=O)[nH]2)cc1. The van der Waals surface area contributed by atoms with Crippen LogP contribution in [0.2, 0.25) is 0 Å². The quantitative estimate of drug-likeness (QED) is 0.503. The van der Waals surface area contributed by atoms with Crippen molar-refractivity contribution in [2.45, 2.75) is 18.6 Å². The second-order valence-electron chi connectivity index (χ2n) is 6.28. The number of aryl methyl sites for hydroxylation is 1. The number of thiocarbonyl (C=S) groups is 1. The van der Waals surface area contributed by atoms with Gasteiger partial charge in [0.25, 0.3) is 0 Å². The number of nitrogens with one attached hydrogen (secondary N) is 1. The summed E-state index contributed by atoms with van der Waals surface area (Å²) in [5, 5.41) is 4.66. The van der Waals surface area contributed by atoms with Crippen molar-refractivity contribution in [1.29, 1.82) is 0 Å². The molecule has 3 N–H and O–H groups in total. The lowest BCUT2D eigenvalue weighted by atomic mass is 10.1. The van der Waals surface area contributed by atoms with Gasteiger partial charge in [-0.3, -0.25) is 0 Å². The number of primary sulfonamides is 1. The van der Waals surface area contributed by atoms with Gasteiger partial charge >= 0.3 is 0 Å². The molecule has 0 fully saturated rings. The van der Waals surface area contributed by atoms with Crippen LogP contribution in [-0.4, -0.2) is 18.3 Å². The Morgan fingerprint density at radius 1 is 1.04 bits per heavy atom. The molecule has 134 valence electrons. The number of aromatic nitrogens is 1. The number of hydrogen-bond donors (Lipinski definition) is 2. The minimum Gasteiger partial charge on any atom is -0.358 e. The van der Waals surface area contributed by atoms with Crippen molar-refractivity contribution in [1.82, 2.24) is 4.98 Å². The summed E-state index contributed by atoms with van der Waals surface area (Å²) in [6.45, 7) is 2.02. The second-order valence-corrected chi connectivity index (χ2v) is 8.44. The molecular weight excluding hydrogens is 364 g/mol. The monoisotopic (exact) mass is 384 g/mol. The molecule has 1 heterocycles. The zero-order chi connectivity index (χ0) is 18.7. The highest BCUT2D eigenvalue weighted by molar-refractivity contribution is 7.89. The maximum atomic E-state index is 12.1. The first-order valence-electron chi connectivity index (χ1n) is 8.20. The molecule has 0 aliphatic rings. The fourth-order valence-electron chi connectivity index (χ4n) is 2.84. The predicted molar refractivity (Wildman–Crippen MR) is 109 cm³/mol. The van der Waals surface area contributed by atoms with Crippen LogP contribution in [0.25, 0.3) is 0 Å². The van der Waals surface area contributed by atoms with Crippen molar-refractivity contribution in [2.75, 3.05) is 0 Å². The fraction of sp³-hybridized carbons (Fsp3) is 0.150. The van der Waals surface area contributed by atoms with Gasteiger partial charge in [0.1, 0.15) is 5.25 Å². The highest BCUT2D eigenvalue weighted by Crippen LogP contribution is 2.25. The Morgan fingerprint density at radius 3 is 2.31 bits per heavy atom. The Balaban J connectivity index is 1.84. The molecule has 0 bridgehead atoms. The molecule has 0 radical (unpaired) electrons. The third kappa shape index (κ3) is 4.27. The maximum absolute atomic E-state index is 12.1. The summed E-state index contributed by atoms with van der Waals surface area (Å²) < 4.78 is 24.1. The molecule has 0 saturated heterocycles. The van der Waals surface area contributed by atoms with Crippen LogP contribution in [0, 0.1) is 6.92 Å². The van der Waals surface area contributed by atoms with Crippen LogP contribution in [0.1, 0.15) is 33.3 Å². The highest BCUT2D eigenvalue weighted by Gasteiger charge is 2.24. The van der Waals surface area contributed by atoms with Crippen LogP contribution in [0.15, 0.2) is 66.7 Å². The summed E-state index contributed by atoms with van der Waals surface area (Å²) in [6, 6.07) is 20.7. The van der Waals surface area contributed by atoms with Crippen molar-refractivity contribution in [3.05, 3.63) is 94.8 Å². The van der Waals surface area contributed by atoms with Gasteiger partial charge in [0.05, 0.1) is 10.6 Å². The molecule has 0 aliphatic carbocycles. The van der Waals surface area contributed by atoms with Crippen LogP contribution in [0.3, 0.4) is 0 Å². The summed E-state index contributed by atoms with van der Waals surface area (Å²) >= 11 is 5.55. The van der Waals surface area contributed by atoms with Crippen molar-refractivity contribution < 1.29 is 8.42 Å². The molecule has 26 heavy (non-hydrogen) atoms. The molecule has 0 aliphatic heterocycles. The zero-order valence-corrected chi connectivity index (χ0v) is 16.0. The number of hydrogen-bond acceptors (Lipinski definition) is 3. The van der Waals surface area contributed by atoms with E-state index in [2.05, 4.69) is 4.98 Å². The molecule has 6 heteroatoms. The highest BCUT2D eigenvalue weighted by atomic mass is 32.2. The van der Waals surface area contributed by atoms with Crippen molar-refractivity contribution in [2.24, 2.45) is 5.14 Å². The van der Waals surface area contributed by atoms with Crippen LogP contribution < -0.4 is 5.14 Å². The van der Waals surface area contributed by atoms with Gasteiger partial charge in [-0.1, -0.05) is 72.4 Å². The first-order valence-corrected chi connectivity index (χ1v) is 10.2.